The summed E-state index contributed by atoms with van der Waals surface area (Å²) in [7, 11) is 0. The summed E-state index contributed by atoms with van der Waals surface area (Å²) in [6.45, 7) is 9.73. The van der Waals surface area contributed by atoms with Crippen LogP contribution in [0, 0.1) is 6.92 Å². The third kappa shape index (κ3) is 2.61. The Morgan fingerprint density at radius 2 is 1.87 bits per heavy atom. The van der Waals surface area contributed by atoms with Crippen LogP contribution in [0.2, 0.25) is 0 Å². The SMILES string of the molecule is C=C(c1ccc(C)cc1)C(C)(C)N=[N+]=[N-]. The van der Waals surface area contributed by atoms with Gasteiger partial charge in [-0.3, -0.25) is 0 Å². The van der Waals surface area contributed by atoms with Crippen molar-refractivity contribution in [3.05, 3.63) is 52.4 Å². The molecule has 3 nitrogen and oxygen atoms in total. The third-order valence-corrected chi connectivity index (χ3v) is 2.43. The van der Waals surface area contributed by atoms with Gasteiger partial charge in [0.1, 0.15) is 0 Å². The van der Waals surface area contributed by atoms with Gasteiger partial charge in [-0.1, -0.05) is 55.4 Å². The smallest absolute Gasteiger partial charge is 0.0681 e. The molecule has 3 heteroatoms. The van der Waals surface area contributed by atoms with Gasteiger partial charge in [0.25, 0.3) is 0 Å². The van der Waals surface area contributed by atoms with E-state index in [9.17, 15) is 0 Å². The molecular weight excluding hydrogens is 186 g/mol. The van der Waals surface area contributed by atoms with E-state index in [2.05, 4.69) is 16.6 Å². The second-order valence-electron chi connectivity index (χ2n) is 4.09. The molecule has 0 spiro atoms. The molecule has 0 fully saturated rings. The maximum atomic E-state index is 8.46. The zero-order valence-electron chi connectivity index (χ0n) is 9.36. The van der Waals surface area contributed by atoms with Gasteiger partial charge in [0.05, 0.1) is 5.54 Å². The van der Waals surface area contributed by atoms with Gasteiger partial charge in [0.2, 0.25) is 0 Å². The minimum absolute atomic E-state index is 0.579. The Labute approximate surface area is 90.1 Å². The van der Waals surface area contributed by atoms with E-state index < -0.39 is 5.54 Å². The van der Waals surface area contributed by atoms with E-state index in [4.69, 9.17) is 5.53 Å². The van der Waals surface area contributed by atoms with Crippen LogP contribution in [0.4, 0.5) is 0 Å². The molecule has 0 saturated carbocycles. The number of azide groups is 1. The summed E-state index contributed by atoms with van der Waals surface area (Å²) < 4.78 is 0. The van der Waals surface area contributed by atoms with E-state index in [-0.39, 0.29) is 0 Å². The number of hydrogen-bond donors (Lipinski definition) is 0. The number of benzene rings is 1. The monoisotopic (exact) mass is 201 g/mol. The van der Waals surface area contributed by atoms with Gasteiger partial charge in [-0.2, -0.15) is 0 Å². The van der Waals surface area contributed by atoms with Crippen molar-refractivity contribution < 1.29 is 0 Å². The van der Waals surface area contributed by atoms with Crippen molar-refractivity contribution in [3.63, 3.8) is 0 Å². The molecule has 0 unspecified atom stereocenters. The number of nitrogens with zero attached hydrogens (tertiary/aromatic N) is 3. The topological polar surface area (TPSA) is 48.8 Å². The number of hydrogen-bond acceptors (Lipinski definition) is 1. The molecule has 0 heterocycles. The molecule has 1 aromatic rings. The molecule has 0 aliphatic carbocycles. The Kier molecular flexibility index (Phi) is 3.17. The van der Waals surface area contributed by atoms with Gasteiger partial charge in [-0.15, -0.1) is 0 Å². The van der Waals surface area contributed by atoms with Gasteiger partial charge in [0.15, 0.2) is 0 Å². The van der Waals surface area contributed by atoms with Gasteiger partial charge < -0.3 is 0 Å². The van der Waals surface area contributed by atoms with Crippen LogP contribution in [-0.2, 0) is 0 Å². The number of rotatable bonds is 3. The lowest BCUT2D eigenvalue weighted by Crippen LogP contribution is -2.17. The van der Waals surface area contributed by atoms with Crippen molar-refractivity contribution in [1.29, 1.82) is 0 Å². The maximum absolute atomic E-state index is 8.46. The molecule has 0 aliphatic rings. The molecule has 1 rings (SSSR count). The van der Waals surface area contributed by atoms with Crippen LogP contribution in [0.25, 0.3) is 16.0 Å². The Morgan fingerprint density at radius 3 is 2.33 bits per heavy atom. The summed E-state index contributed by atoms with van der Waals surface area (Å²) >= 11 is 0. The molecular formula is C12H15N3. The van der Waals surface area contributed by atoms with Crippen LogP contribution in [0.1, 0.15) is 25.0 Å². The molecule has 0 aliphatic heterocycles. The van der Waals surface area contributed by atoms with Gasteiger partial charge >= 0.3 is 0 Å². The Balaban J connectivity index is 3.04. The van der Waals surface area contributed by atoms with E-state index in [0.29, 0.717) is 0 Å². The van der Waals surface area contributed by atoms with E-state index in [1.165, 1.54) is 5.56 Å². The second-order valence-corrected chi connectivity index (χ2v) is 4.09. The predicted molar refractivity (Wildman–Crippen MR) is 63.4 cm³/mol. The summed E-state index contributed by atoms with van der Waals surface area (Å²) in [4.78, 5) is 2.84. The van der Waals surface area contributed by atoms with Crippen LogP contribution >= 0.6 is 0 Å². The quantitative estimate of drug-likeness (QED) is 0.401. The molecule has 0 saturated heterocycles. The summed E-state index contributed by atoms with van der Waals surface area (Å²) in [5.74, 6) is 0. The molecule has 0 bridgehead atoms. The highest BCUT2D eigenvalue weighted by atomic mass is 15.2. The molecule has 1 aromatic carbocycles. The fourth-order valence-electron chi connectivity index (χ4n) is 1.28. The normalized spacial score (nSPS) is 10.6. The van der Waals surface area contributed by atoms with Crippen LogP contribution in [-0.4, -0.2) is 5.54 Å². The summed E-state index contributed by atoms with van der Waals surface area (Å²) in [5.41, 5.74) is 10.9. The first-order chi connectivity index (χ1) is 6.97. The minimum atomic E-state index is -0.579. The average Bonchev–Trinajstić information content (AvgIpc) is 2.18. The first-order valence-electron chi connectivity index (χ1n) is 4.80. The third-order valence-electron chi connectivity index (χ3n) is 2.43. The highest BCUT2D eigenvalue weighted by Gasteiger charge is 2.20. The van der Waals surface area contributed by atoms with Crippen molar-refractivity contribution in [1.82, 2.24) is 0 Å². The molecule has 0 aromatic heterocycles. The maximum Gasteiger partial charge on any atom is 0.0681 e. The summed E-state index contributed by atoms with van der Waals surface area (Å²) in [6, 6.07) is 8.03. The van der Waals surface area contributed by atoms with Crippen molar-refractivity contribution >= 4 is 5.57 Å². The first kappa shape index (κ1) is 11.3. The van der Waals surface area contributed by atoms with Crippen molar-refractivity contribution in [2.45, 2.75) is 26.3 Å². The van der Waals surface area contributed by atoms with Crippen LogP contribution in [0.3, 0.4) is 0 Å². The van der Waals surface area contributed by atoms with Crippen molar-refractivity contribution in [2.75, 3.05) is 0 Å². The first-order valence-corrected chi connectivity index (χ1v) is 4.80. The standard InChI is InChI=1S/C12H15N3/c1-9-5-7-11(8-6-9)10(2)12(3,4)14-15-13/h5-8H,2H2,1,3-4H3. The fourth-order valence-corrected chi connectivity index (χ4v) is 1.28. The Hall–Kier alpha value is -1.73. The number of aryl methyl sites for hydroxylation is 1. The summed E-state index contributed by atoms with van der Waals surface area (Å²) in [5, 5.41) is 3.74. The molecule has 0 radical (unpaired) electrons. The van der Waals surface area contributed by atoms with E-state index >= 15 is 0 Å². The lowest BCUT2D eigenvalue weighted by atomic mass is 9.90. The molecule has 0 amide bonds. The predicted octanol–water partition coefficient (Wildman–Crippen LogP) is 4.10. The highest BCUT2D eigenvalue weighted by molar-refractivity contribution is 5.70. The molecule has 0 N–H and O–H groups in total. The van der Waals surface area contributed by atoms with Crippen LogP contribution in [0.5, 0.6) is 0 Å². The fraction of sp³-hybridized carbons (Fsp3) is 0.333. The second kappa shape index (κ2) is 4.20. The summed E-state index contributed by atoms with van der Waals surface area (Å²) in [6.07, 6.45) is 0. The zero-order valence-corrected chi connectivity index (χ0v) is 9.36. The van der Waals surface area contributed by atoms with E-state index in [1.54, 1.807) is 0 Å². The highest BCUT2D eigenvalue weighted by Crippen LogP contribution is 2.28. The van der Waals surface area contributed by atoms with Crippen molar-refractivity contribution in [3.8, 4) is 0 Å². The van der Waals surface area contributed by atoms with Gasteiger partial charge in [-0.05, 0) is 23.6 Å². The van der Waals surface area contributed by atoms with Crippen LogP contribution in [0.15, 0.2) is 36.0 Å². The zero-order chi connectivity index (χ0) is 11.5. The Bertz CT molecular complexity index is 409. The minimum Gasteiger partial charge on any atom is -0.0946 e. The van der Waals surface area contributed by atoms with E-state index in [0.717, 1.165) is 11.1 Å². The molecule has 15 heavy (non-hydrogen) atoms. The largest absolute Gasteiger partial charge is 0.0946 e. The lowest BCUT2D eigenvalue weighted by Gasteiger charge is -2.21. The van der Waals surface area contributed by atoms with Gasteiger partial charge in [-0.25, -0.2) is 0 Å². The molecule has 0 atom stereocenters. The lowest BCUT2D eigenvalue weighted by molar-refractivity contribution is 0.670. The van der Waals surface area contributed by atoms with E-state index in [1.807, 2.05) is 45.0 Å². The van der Waals surface area contributed by atoms with Crippen molar-refractivity contribution in [2.24, 2.45) is 5.11 Å². The molecule has 78 valence electrons. The average molecular weight is 201 g/mol. The Morgan fingerprint density at radius 1 is 1.33 bits per heavy atom. The van der Waals surface area contributed by atoms with Crippen LogP contribution < -0.4 is 0 Å². The van der Waals surface area contributed by atoms with Gasteiger partial charge in [0, 0.05) is 4.91 Å².